The average molecular weight is 270 g/mol. The molecule has 0 spiro atoms. The Balaban J connectivity index is 0.00000162. The summed E-state index contributed by atoms with van der Waals surface area (Å²) in [6.07, 6.45) is 0. The molecule has 2 aromatic carbocycles. The molecule has 0 atom stereocenters. The molecule has 90 valence electrons. The molecule has 0 bridgehead atoms. The molecule has 0 aliphatic rings. The van der Waals surface area contributed by atoms with E-state index < -0.39 is 9.84 Å². The van der Waals surface area contributed by atoms with E-state index in [1.54, 1.807) is 0 Å². The Labute approximate surface area is 130 Å². The minimum atomic E-state index is -3.09. The van der Waals surface area contributed by atoms with Crippen LogP contribution >= 0.6 is 0 Å². The second-order valence-corrected chi connectivity index (χ2v) is 6.07. The Morgan fingerprint density at radius 3 is 1.33 bits per heavy atom. The summed E-state index contributed by atoms with van der Waals surface area (Å²) in [5.74, 6) is 0.200. The van der Waals surface area contributed by atoms with Gasteiger partial charge in [0.2, 0.25) is 0 Å². The van der Waals surface area contributed by atoms with Crippen molar-refractivity contribution in [2.45, 2.75) is 11.5 Å². The van der Waals surface area contributed by atoms with Crippen LogP contribution < -0.4 is 0 Å². The van der Waals surface area contributed by atoms with Crippen LogP contribution in [0.4, 0.5) is 0 Å². The predicted octanol–water partition coefficient (Wildman–Crippen LogP) is 2.15. The number of sulfone groups is 1. The van der Waals surface area contributed by atoms with Gasteiger partial charge in [-0.2, -0.15) is 0 Å². The van der Waals surface area contributed by atoms with E-state index in [2.05, 4.69) is 0 Å². The first-order chi connectivity index (χ1) is 8.16. The van der Waals surface area contributed by atoms with Gasteiger partial charge in [-0.15, -0.1) is 0 Å². The van der Waals surface area contributed by atoms with Gasteiger partial charge < -0.3 is 0 Å². The summed E-state index contributed by atoms with van der Waals surface area (Å²) in [5, 5.41) is 0. The Bertz CT molecular complexity index is 518. The van der Waals surface area contributed by atoms with Crippen molar-refractivity contribution in [3.05, 3.63) is 71.8 Å². The molecule has 18 heavy (non-hydrogen) atoms. The van der Waals surface area contributed by atoms with Gasteiger partial charge in [-0.1, -0.05) is 60.7 Å². The Hall–Kier alpha value is -0.610. The standard InChI is InChI=1S/C14H14O2S.Na.H/c15-17(16,11-13-7-3-1-4-8-13)12-14-9-5-2-6-10-14;;/h1-10H,11-12H2;;. The molecule has 0 amide bonds. The Kier molecular flexibility index (Phi) is 6.09. The van der Waals surface area contributed by atoms with Crippen LogP contribution in [0.2, 0.25) is 0 Å². The molecule has 0 N–H and O–H groups in total. The van der Waals surface area contributed by atoms with Gasteiger partial charge in [-0.3, -0.25) is 0 Å². The van der Waals surface area contributed by atoms with Gasteiger partial charge in [0.25, 0.3) is 0 Å². The zero-order chi connectivity index (χ0) is 12.1. The maximum atomic E-state index is 12.0. The first-order valence-electron chi connectivity index (χ1n) is 5.44. The van der Waals surface area contributed by atoms with Crippen LogP contribution in [0.3, 0.4) is 0 Å². The first kappa shape index (κ1) is 15.4. The quantitative estimate of drug-likeness (QED) is 0.798. The second kappa shape index (κ2) is 7.10. The van der Waals surface area contributed by atoms with Gasteiger partial charge in [-0.25, -0.2) is 8.42 Å². The molecular formula is C14H15NaO2S. The molecular weight excluding hydrogens is 255 g/mol. The fourth-order valence-corrected chi connectivity index (χ4v) is 3.21. The molecule has 0 saturated heterocycles. The fraction of sp³-hybridized carbons (Fsp3) is 0.143. The van der Waals surface area contributed by atoms with Crippen LogP contribution in [0.1, 0.15) is 11.1 Å². The summed E-state index contributed by atoms with van der Waals surface area (Å²) < 4.78 is 23.9. The summed E-state index contributed by atoms with van der Waals surface area (Å²) in [6.45, 7) is 0. The van der Waals surface area contributed by atoms with Crippen LogP contribution in [0.25, 0.3) is 0 Å². The topological polar surface area (TPSA) is 34.1 Å². The van der Waals surface area contributed by atoms with E-state index in [1.165, 1.54) is 0 Å². The number of hydrogen-bond donors (Lipinski definition) is 0. The van der Waals surface area contributed by atoms with E-state index in [1.807, 2.05) is 60.7 Å². The summed E-state index contributed by atoms with van der Waals surface area (Å²) in [5.41, 5.74) is 1.67. The van der Waals surface area contributed by atoms with Crippen molar-refractivity contribution in [1.29, 1.82) is 0 Å². The van der Waals surface area contributed by atoms with E-state index >= 15 is 0 Å². The average Bonchev–Trinajstić information content (AvgIpc) is 2.30. The van der Waals surface area contributed by atoms with E-state index in [0.29, 0.717) is 0 Å². The van der Waals surface area contributed by atoms with Crippen molar-refractivity contribution >= 4 is 39.4 Å². The van der Waals surface area contributed by atoms with Gasteiger partial charge in [0.1, 0.15) is 0 Å². The van der Waals surface area contributed by atoms with Gasteiger partial charge in [0.05, 0.1) is 11.5 Å². The Morgan fingerprint density at radius 2 is 1.00 bits per heavy atom. The van der Waals surface area contributed by atoms with Crippen molar-refractivity contribution < 1.29 is 8.42 Å². The molecule has 0 unspecified atom stereocenters. The van der Waals surface area contributed by atoms with Crippen molar-refractivity contribution in [2.75, 3.05) is 0 Å². The number of benzene rings is 2. The van der Waals surface area contributed by atoms with Crippen molar-refractivity contribution in [1.82, 2.24) is 0 Å². The molecule has 2 aromatic rings. The van der Waals surface area contributed by atoms with Crippen molar-refractivity contribution in [3.8, 4) is 0 Å². The molecule has 0 heterocycles. The van der Waals surface area contributed by atoms with Crippen LogP contribution in [0.5, 0.6) is 0 Å². The van der Waals surface area contributed by atoms with Crippen LogP contribution in [0, 0.1) is 0 Å². The minimum absolute atomic E-state index is 0. The molecule has 0 radical (unpaired) electrons. The first-order valence-corrected chi connectivity index (χ1v) is 7.26. The number of hydrogen-bond acceptors (Lipinski definition) is 2. The summed E-state index contributed by atoms with van der Waals surface area (Å²) >= 11 is 0. The van der Waals surface area contributed by atoms with E-state index in [0.717, 1.165) is 11.1 Å². The zero-order valence-electron chi connectivity index (χ0n) is 9.41. The maximum absolute atomic E-state index is 12.0. The van der Waals surface area contributed by atoms with Crippen LogP contribution in [-0.2, 0) is 21.3 Å². The van der Waals surface area contributed by atoms with Gasteiger partial charge >= 0.3 is 29.6 Å². The third kappa shape index (κ3) is 4.94. The third-order valence-corrected chi connectivity index (χ3v) is 4.01. The summed E-state index contributed by atoms with van der Waals surface area (Å²) in [4.78, 5) is 0. The molecule has 0 aromatic heterocycles. The van der Waals surface area contributed by atoms with Crippen molar-refractivity contribution in [2.24, 2.45) is 0 Å². The molecule has 2 rings (SSSR count). The monoisotopic (exact) mass is 270 g/mol. The van der Waals surface area contributed by atoms with E-state index in [-0.39, 0.29) is 41.1 Å². The fourth-order valence-electron chi connectivity index (χ4n) is 1.71. The molecule has 0 saturated carbocycles. The van der Waals surface area contributed by atoms with Gasteiger partial charge in [0.15, 0.2) is 9.84 Å². The third-order valence-electron chi connectivity index (χ3n) is 2.46. The second-order valence-electron chi connectivity index (χ2n) is 4.00. The summed E-state index contributed by atoms with van der Waals surface area (Å²) in [7, 11) is -3.09. The number of rotatable bonds is 4. The zero-order valence-corrected chi connectivity index (χ0v) is 10.2. The predicted molar refractivity (Wildman–Crippen MR) is 76.4 cm³/mol. The SMILES string of the molecule is O=S(=O)(Cc1ccccc1)Cc1ccccc1.[NaH]. The normalized spacial score (nSPS) is 10.7. The molecule has 4 heteroatoms. The van der Waals surface area contributed by atoms with Crippen LogP contribution in [0.15, 0.2) is 60.7 Å². The van der Waals surface area contributed by atoms with Crippen molar-refractivity contribution in [3.63, 3.8) is 0 Å². The van der Waals surface area contributed by atoms with Crippen LogP contribution in [-0.4, -0.2) is 38.0 Å². The Morgan fingerprint density at radius 1 is 0.667 bits per heavy atom. The van der Waals surface area contributed by atoms with Gasteiger partial charge in [0, 0.05) is 0 Å². The molecule has 0 aliphatic heterocycles. The molecule has 0 aliphatic carbocycles. The van der Waals surface area contributed by atoms with E-state index in [9.17, 15) is 8.42 Å². The van der Waals surface area contributed by atoms with Gasteiger partial charge in [-0.05, 0) is 11.1 Å². The molecule has 2 nitrogen and oxygen atoms in total. The van der Waals surface area contributed by atoms with E-state index in [4.69, 9.17) is 0 Å². The molecule has 0 fully saturated rings. The summed E-state index contributed by atoms with van der Waals surface area (Å²) in [6, 6.07) is 18.5.